The second-order valence-corrected chi connectivity index (χ2v) is 4.91. The van der Waals surface area contributed by atoms with Crippen LogP contribution in [0, 0.1) is 13.8 Å². The van der Waals surface area contributed by atoms with E-state index < -0.39 is 0 Å². The van der Waals surface area contributed by atoms with E-state index in [4.69, 9.17) is 4.74 Å². The van der Waals surface area contributed by atoms with Crippen LogP contribution >= 0.6 is 0 Å². The number of ether oxygens (including phenoxy) is 1. The van der Waals surface area contributed by atoms with E-state index in [1.807, 2.05) is 6.20 Å². The fourth-order valence-corrected chi connectivity index (χ4v) is 2.19. The van der Waals surface area contributed by atoms with Gasteiger partial charge in [-0.1, -0.05) is 17.7 Å². The summed E-state index contributed by atoms with van der Waals surface area (Å²) in [6.07, 6.45) is 3.78. The van der Waals surface area contributed by atoms with E-state index in [1.165, 1.54) is 11.1 Å². The number of hydrogen-bond donors (Lipinski definition) is 1. The Labute approximate surface area is 114 Å². The van der Waals surface area contributed by atoms with Crippen molar-refractivity contribution >= 4 is 5.95 Å². The van der Waals surface area contributed by atoms with Gasteiger partial charge in [0.1, 0.15) is 0 Å². The third kappa shape index (κ3) is 3.15. The molecular formula is C15H21N3O. The molecule has 0 spiro atoms. The minimum atomic E-state index is 0.219. The van der Waals surface area contributed by atoms with E-state index in [-0.39, 0.29) is 6.04 Å². The summed E-state index contributed by atoms with van der Waals surface area (Å²) >= 11 is 0. The van der Waals surface area contributed by atoms with Crippen molar-refractivity contribution < 1.29 is 4.74 Å². The third-order valence-electron chi connectivity index (χ3n) is 3.04. The molecule has 1 atom stereocenters. The maximum absolute atomic E-state index is 5.14. The summed E-state index contributed by atoms with van der Waals surface area (Å²) in [5.74, 6) is 0.844. The molecule has 1 N–H and O–H groups in total. The summed E-state index contributed by atoms with van der Waals surface area (Å²) in [5, 5.41) is 3.36. The van der Waals surface area contributed by atoms with E-state index in [0.717, 1.165) is 11.6 Å². The van der Waals surface area contributed by atoms with Gasteiger partial charge in [0.05, 0.1) is 12.3 Å². The molecule has 2 rings (SSSR count). The highest BCUT2D eigenvalue weighted by Gasteiger charge is 2.10. The number of anilines is 1. The van der Waals surface area contributed by atoms with Crippen molar-refractivity contribution in [2.45, 2.75) is 26.8 Å². The number of hydrogen-bond acceptors (Lipinski definition) is 3. The number of nitrogens with one attached hydrogen (secondary N) is 1. The Balaban J connectivity index is 2.28. The van der Waals surface area contributed by atoms with Gasteiger partial charge in [-0.25, -0.2) is 4.98 Å². The van der Waals surface area contributed by atoms with Crippen LogP contribution in [0.4, 0.5) is 5.95 Å². The number of aryl methyl sites for hydroxylation is 2. The van der Waals surface area contributed by atoms with Crippen molar-refractivity contribution in [3.05, 3.63) is 41.7 Å². The van der Waals surface area contributed by atoms with Gasteiger partial charge in [-0.2, -0.15) is 0 Å². The predicted octanol–water partition coefficient (Wildman–Crippen LogP) is 2.94. The van der Waals surface area contributed by atoms with Gasteiger partial charge in [0.2, 0.25) is 5.95 Å². The molecule has 0 aliphatic rings. The summed E-state index contributed by atoms with van der Waals surface area (Å²) in [6, 6.07) is 6.64. The van der Waals surface area contributed by atoms with Crippen LogP contribution in [-0.4, -0.2) is 29.3 Å². The third-order valence-corrected chi connectivity index (χ3v) is 3.04. The van der Waals surface area contributed by atoms with Crippen molar-refractivity contribution in [1.82, 2.24) is 9.55 Å². The minimum absolute atomic E-state index is 0.219. The average molecular weight is 259 g/mol. The normalized spacial score (nSPS) is 12.4. The quantitative estimate of drug-likeness (QED) is 0.897. The molecule has 0 fully saturated rings. The molecule has 0 saturated heterocycles. The molecule has 19 heavy (non-hydrogen) atoms. The molecule has 0 aliphatic heterocycles. The van der Waals surface area contributed by atoms with Crippen molar-refractivity contribution in [3.63, 3.8) is 0 Å². The van der Waals surface area contributed by atoms with Crippen LogP contribution in [0.1, 0.15) is 18.1 Å². The molecule has 2 aromatic rings. The van der Waals surface area contributed by atoms with Gasteiger partial charge in [0.15, 0.2) is 0 Å². The maximum atomic E-state index is 5.14. The lowest BCUT2D eigenvalue weighted by atomic mass is 10.1. The largest absolute Gasteiger partial charge is 0.383 e. The molecule has 0 amide bonds. The molecule has 102 valence electrons. The van der Waals surface area contributed by atoms with Gasteiger partial charge >= 0.3 is 0 Å². The predicted molar refractivity (Wildman–Crippen MR) is 78.0 cm³/mol. The Morgan fingerprint density at radius 1 is 1.37 bits per heavy atom. The summed E-state index contributed by atoms with van der Waals surface area (Å²) in [4.78, 5) is 4.37. The van der Waals surface area contributed by atoms with Gasteiger partial charge in [0, 0.05) is 25.5 Å². The molecule has 0 bridgehead atoms. The zero-order valence-corrected chi connectivity index (χ0v) is 12.0. The lowest BCUT2D eigenvalue weighted by Crippen LogP contribution is -2.23. The van der Waals surface area contributed by atoms with E-state index in [1.54, 1.807) is 13.3 Å². The highest BCUT2D eigenvalue weighted by molar-refractivity contribution is 5.48. The fourth-order valence-electron chi connectivity index (χ4n) is 2.19. The number of nitrogens with zero attached hydrogens (tertiary/aromatic N) is 2. The van der Waals surface area contributed by atoms with Crippen LogP contribution in [0.5, 0.6) is 0 Å². The molecule has 1 aromatic carbocycles. The van der Waals surface area contributed by atoms with Gasteiger partial charge in [-0.05, 0) is 32.4 Å². The summed E-state index contributed by atoms with van der Waals surface area (Å²) in [6.45, 7) is 6.94. The molecule has 4 heteroatoms. The molecule has 0 aliphatic carbocycles. The summed E-state index contributed by atoms with van der Waals surface area (Å²) in [5.41, 5.74) is 3.65. The van der Waals surface area contributed by atoms with E-state index in [0.29, 0.717) is 6.61 Å². The monoisotopic (exact) mass is 259 g/mol. The van der Waals surface area contributed by atoms with Crippen LogP contribution in [0.15, 0.2) is 30.6 Å². The van der Waals surface area contributed by atoms with Crippen molar-refractivity contribution in [2.24, 2.45) is 0 Å². The first-order chi connectivity index (χ1) is 9.11. The van der Waals surface area contributed by atoms with Crippen molar-refractivity contribution in [3.8, 4) is 5.69 Å². The van der Waals surface area contributed by atoms with Gasteiger partial charge in [0.25, 0.3) is 0 Å². The molecule has 0 saturated carbocycles. The van der Waals surface area contributed by atoms with E-state index >= 15 is 0 Å². The first-order valence-corrected chi connectivity index (χ1v) is 6.48. The Kier molecular flexibility index (Phi) is 4.22. The van der Waals surface area contributed by atoms with Crippen LogP contribution in [0.25, 0.3) is 5.69 Å². The Morgan fingerprint density at radius 2 is 2.16 bits per heavy atom. The average Bonchev–Trinajstić information content (AvgIpc) is 2.77. The van der Waals surface area contributed by atoms with Crippen molar-refractivity contribution in [2.75, 3.05) is 19.0 Å². The molecular weight excluding hydrogens is 238 g/mol. The van der Waals surface area contributed by atoms with Gasteiger partial charge < -0.3 is 10.1 Å². The first kappa shape index (κ1) is 13.6. The molecule has 4 nitrogen and oxygen atoms in total. The highest BCUT2D eigenvalue weighted by atomic mass is 16.5. The zero-order valence-electron chi connectivity index (χ0n) is 12.0. The van der Waals surface area contributed by atoms with Crippen molar-refractivity contribution in [1.29, 1.82) is 0 Å². The number of methoxy groups -OCH3 is 1. The second-order valence-electron chi connectivity index (χ2n) is 4.91. The molecule has 0 radical (unpaired) electrons. The number of rotatable bonds is 5. The topological polar surface area (TPSA) is 39.1 Å². The summed E-state index contributed by atoms with van der Waals surface area (Å²) in [7, 11) is 1.70. The van der Waals surface area contributed by atoms with E-state index in [9.17, 15) is 0 Å². The van der Waals surface area contributed by atoms with Crippen LogP contribution in [0.3, 0.4) is 0 Å². The van der Waals surface area contributed by atoms with Gasteiger partial charge in [-0.3, -0.25) is 4.57 Å². The number of aromatic nitrogens is 2. The zero-order chi connectivity index (χ0) is 13.8. The first-order valence-electron chi connectivity index (χ1n) is 6.48. The number of imidazole rings is 1. The SMILES string of the molecule is COCC(C)Nc1nccn1-c1ccc(C)cc1C. The van der Waals surface area contributed by atoms with Crippen LogP contribution in [0.2, 0.25) is 0 Å². The molecule has 1 heterocycles. The Morgan fingerprint density at radius 3 is 2.84 bits per heavy atom. The lowest BCUT2D eigenvalue weighted by Gasteiger charge is -2.16. The maximum Gasteiger partial charge on any atom is 0.207 e. The van der Waals surface area contributed by atoms with Crippen LogP contribution < -0.4 is 5.32 Å². The Hall–Kier alpha value is -1.81. The molecule has 1 unspecified atom stereocenters. The summed E-state index contributed by atoms with van der Waals surface area (Å²) < 4.78 is 7.21. The molecule has 1 aromatic heterocycles. The standard InChI is InChI=1S/C15H21N3O/c1-11-5-6-14(12(2)9-11)18-8-7-16-15(18)17-13(3)10-19-4/h5-9,13H,10H2,1-4H3,(H,16,17). The second kappa shape index (κ2) is 5.89. The smallest absolute Gasteiger partial charge is 0.207 e. The van der Waals surface area contributed by atoms with Crippen LogP contribution in [-0.2, 0) is 4.74 Å². The van der Waals surface area contributed by atoms with Gasteiger partial charge in [-0.15, -0.1) is 0 Å². The Bertz CT molecular complexity index is 548. The fraction of sp³-hybridized carbons (Fsp3) is 0.400. The van der Waals surface area contributed by atoms with E-state index in [2.05, 4.69) is 53.8 Å². The minimum Gasteiger partial charge on any atom is -0.383 e. The lowest BCUT2D eigenvalue weighted by molar-refractivity contribution is 0.190. The highest BCUT2D eigenvalue weighted by Crippen LogP contribution is 2.20. The number of benzene rings is 1.